The molecule has 160 valence electrons. The van der Waals surface area contributed by atoms with Crippen molar-refractivity contribution < 1.29 is 22.7 Å². The Morgan fingerprint density at radius 3 is 2.57 bits per heavy atom. The van der Waals surface area contributed by atoms with Crippen LogP contribution in [0.15, 0.2) is 47.4 Å². The van der Waals surface area contributed by atoms with Crippen LogP contribution in [0.1, 0.15) is 25.7 Å². The highest BCUT2D eigenvalue weighted by molar-refractivity contribution is 7.89. The first-order valence-electron chi connectivity index (χ1n) is 9.90. The molecule has 2 aromatic carbocycles. The number of hydrogen-bond donors (Lipinski definition) is 1. The normalized spacial score (nSPS) is 19.3. The quantitative estimate of drug-likeness (QED) is 0.751. The summed E-state index contributed by atoms with van der Waals surface area (Å²) in [6.45, 7) is 1.36. The van der Waals surface area contributed by atoms with Gasteiger partial charge >= 0.3 is 0 Å². The summed E-state index contributed by atoms with van der Waals surface area (Å²) in [5, 5.41) is 3.32. The molecule has 0 spiro atoms. The third kappa shape index (κ3) is 4.55. The van der Waals surface area contributed by atoms with Crippen LogP contribution in [0.25, 0.3) is 0 Å². The first-order chi connectivity index (χ1) is 14.4. The number of sulfonamides is 1. The van der Waals surface area contributed by atoms with Gasteiger partial charge in [0.25, 0.3) is 0 Å². The fourth-order valence-corrected chi connectivity index (χ4v) is 5.60. The molecular formula is C21H23ClN2O5S. The molecule has 0 saturated carbocycles. The van der Waals surface area contributed by atoms with Gasteiger partial charge in [-0.25, -0.2) is 8.42 Å². The van der Waals surface area contributed by atoms with E-state index >= 15 is 0 Å². The van der Waals surface area contributed by atoms with Crippen LogP contribution < -0.4 is 14.8 Å². The van der Waals surface area contributed by atoms with E-state index in [9.17, 15) is 13.2 Å². The van der Waals surface area contributed by atoms with Gasteiger partial charge in [-0.15, -0.1) is 0 Å². The predicted octanol–water partition coefficient (Wildman–Crippen LogP) is 3.68. The second kappa shape index (κ2) is 8.83. The summed E-state index contributed by atoms with van der Waals surface area (Å²) in [7, 11) is -3.70. The fourth-order valence-electron chi connectivity index (χ4n) is 3.78. The van der Waals surface area contributed by atoms with Crippen molar-refractivity contribution >= 4 is 33.2 Å². The number of carbonyl (C=O) groups excluding carboxylic acids is 1. The molecule has 30 heavy (non-hydrogen) atoms. The van der Waals surface area contributed by atoms with Gasteiger partial charge in [0.2, 0.25) is 15.9 Å². The standard InChI is InChI=1S/C21H23ClN2O5S/c22-15-4-7-18(8-5-15)30(26,27)24-10-2-1-3-17(24)14-21(25)23-16-6-9-19-20(13-16)29-12-11-28-19/h4-9,13,17H,1-3,10-12,14H2,(H,23,25)/t17-/m1/s1. The molecule has 2 aromatic rings. The van der Waals surface area contributed by atoms with Crippen molar-refractivity contribution in [2.45, 2.75) is 36.6 Å². The molecule has 1 atom stereocenters. The summed E-state index contributed by atoms with van der Waals surface area (Å²) in [6, 6.07) is 10.9. The molecule has 4 rings (SSSR count). The average molecular weight is 451 g/mol. The molecule has 1 N–H and O–H groups in total. The number of hydrogen-bond acceptors (Lipinski definition) is 5. The second-order valence-electron chi connectivity index (χ2n) is 7.33. The molecule has 0 aliphatic carbocycles. The molecule has 1 fully saturated rings. The number of nitrogens with zero attached hydrogens (tertiary/aromatic N) is 1. The second-order valence-corrected chi connectivity index (χ2v) is 9.66. The maximum Gasteiger partial charge on any atom is 0.243 e. The molecule has 0 unspecified atom stereocenters. The van der Waals surface area contributed by atoms with Crippen molar-refractivity contribution in [3.05, 3.63) is 47.5 Å². The third-order valence-electron chi connectivity index (χ3n) is 5.24. The molecular weight excluding hydrogens is 428 g/mol. The van der Waals surface area contributed by atoms with Crippen LogP contribution in [-0.4, -0.2) is 44.4 Å². The monoisotopic (exact) mass is 450 g/mol. The van der Waals surface area contributed by atoms with Crippen molar-refractivity contribution in [3.8, 4) is 11.5 Å². The lowest BCUT2D eigenvalue weighted by atomic mass is 10.0. The van der Waals surface area contributed by atoms with Gasteiger partial charge < -0.3 is 14.8 Å². The van der Waals surface area contributed by atoms with E-state index in [0.29, 0.717) is 48.4 Å². The van der Waals surface area contributed by atoms with Gasteiger partial charge in [0, 0.05) is 35.8 Å². The van der Waals surface area contributed by atoms with E-state index in [1.54, 1.807) is 30.3 Å². The number of amides is 1. The lowest BCUT2D eigenvalue weighted by Crippen LogP contribution is -2.45. The minimum Gasteiger partial charge on any atom is -0.486 e. The molecule has 0 radical (unpaired) electrons. The van der Waals surface area contributed by atoms with Crippen LogP contribution >= 0.6 is 11.6 Å². The summed E-state index contributed by atoms with van der Waals surface area (Å²) in [5.41, 5.74) is 0.590. The molecule has 0 bridgehead atoms. The van der Waals surface area contributed by atoms with Gasteiger partial charge in [0.1, 0.15) is 13.2 Å². The Bertz CT molecular complexity index is 1030. The number of halogens is 1. The van der Waals surface area contributed by atoms with Crippen LogP contribution in [0.4, 0.5) is 5.69 Å². The maximum absolute atomic E-state index is 13.1. The first-order valence-corrected chi connectivity index (χ1v) is 11.7. The van der Waals surface area contributed by atoms with Crippen LogP contribution in [0, 0.1) is 0 Å². The van der Waals surface area contributed by atoms with Crippen molar-refractivity contribution in [1.29, 1.82) is 0 Å². The molecule has 2 aliphatic heterocycles. The van der Waals surface area contributed by atoms with E-state index in [-0.39, 0.29) is 17.2 Å². The zero-order chi connectivity index (χ0) is 21.1. The van der Waals surface area contributed by atoms with E-state index in [0.717, 1.165) is 12.8 Å². The molecule has 9 heteroatoms. The van der Waals surface area contributed by atoms with E-state index < -0.39 is 16.1 Å². The number of nitrogens with one attached hydrogen (secondary N) is 1. The van der Waals surface area contributed by atoms with Crippen LogP contribution in [0.2, 0.25) is 5.02 Å². The highest BCUT2D eigenvalue weighted by atomic mass is 35.5. The number of anilines is 1. The van der Waals surface area contributed by atoms with E-state index in [4.69, 9.17) is 21.1 Å². The van der Waals surface area contributed by atoms with Crippen molar-refractivity contribution in [3.63, 3.8) is 0 Å². The Morgan fingerprint density at radius 1 is 1.07 bits per heavy atom. The highest BCUT2D eigenvalue weighted by Gasteiger charge is 2.34. The minimum atomic E-state index is -3.70. The summed E-state index contributed by atoms with van der Waals surface area (Å²) < 4.78 is 38.7. The zero-order valence-corrected chi connectivity index (χ0v) is 17.9. The number of benzene rings is 2. The van der Waals surface area contributed by atoms with Crippen LogP contribution in [-0.2, 0) is 14.8 Å². The zero-order valence-electron chi connectivity index (χ0n) is 16.3. The molecule has 0 aromatic heterocycles. The van der Waals surface area contributed by atoms with E-state index in [1.807, 2.05) is 0 Å². The number of rotatable bonds is 5. The van der Waals surface area contributed by atoms with Gasteiger partial charge in [-0.2, -0.15) is 4.31 Å². The summed E-state index contributed by atoms with van der Waals surface area (Å²) in [4.78, 5) is 12.9. The Kier molecular flexibility index (Phi) is 6.17. The summed E-state index contributed by atoms with van der Waals surface area (Å²) in [6.07, 6.45) is 2.38. The topological polar surface area (TPSA) is 84.9 Å². The Labute approximate surface area is 181 Å². The largest absolute Gasteiger partial charge is 0.486 e. The van der Waals surface area contributed by atoms with E-state index in [1.165, 1.54) is 16.4 Å². The van der Waals surface area contributed by atoms with Crippen LogP contribution in [0.5, 0.6) is 11.5 Å². The molecule has 1 amide bonds. The van der Waals surface area contributed by atoms with Gasteiger partial charge in [-0.3, -0.25) is 4.79 Å². The number of piperidine rings is 1. The first kappa shape index (κ1) is 21.0. The number of fused-ring (bicyclic) bond motifs is 1. The Morgan fingerprint density at radius 2 is 1.80 bits per heavy atom. The van der Waals surface area contributed by atoms with Crippen molar-refractivity contribution in [2.75, 3.05) is 25.1 Å². The van der Waals surface area contributed by atoms with Gasteiger partial charge in [-0.05, 0) is 49.2 Å². The van der Waals surface area contributed by atoms with Gasteiger partial charge in [0.15, 0.2) is 11.5 Å². The molecule has 2 heterocycles. The lowest BCUT2D eigenvalue weighted by Gasteiger charge is -2.34. The average Bonchev–Trinajstić information content (AvgIpc) is 2.74. The highest BCUT2D eigenvalue weighted by Crippen LogP contribution is 2.33. The van der Waals surface area contributed by atoms with E-state index in [2.05, 4.69) is 5.32 Å². The molecule has 1 saturated heterocycles. The lowest BCUT2D eigenvalue weighted by molar-refractivity contribution is -0.117. The van der Waals surface area contributed by atoms with Crippen molar-refractivity contribution in [1.82, 2.24) is 4.31 Å². The smallest absolute Gasteiger partial charge is 0.243 e. The fraction of sp³-hybridized carbons (Fsp3) is 0.381. The van der Waals surface area contributed by atoms with Gasteiger partial charge in [-0.1, -0.05) is 18.0 Å². The third-order valence-corrected chi connectivity index (χ3v) is 7.46. The SMILES string of the molecule is O=C(C[C@H]1CCCCN1S(=O)(=O)c1ccc(Cl)cc1)Nc1ccc2c(c1)OCCO2. The molecule has 7 nitrogen and oxygen atoms in total. The number of ether oxygens (including phenoxy) is 2. The Balaban J connectivity index is 1.46. The number of carbonyl (C=O) groups is 1. The summed E-state index contributed by atoms with van der Waals surface area (Å²) in [5.74, 6) is 0.991. The minimum absolute atomic E-state index is 0.0846. The van der Waals surface area contributed by atoms with Gasteiger partial charge in [0.05, 0.1) is 4.90 Å². The Hall–Kier alpha value is -2.29. The van der Waals surface area contributed by atoms with Crippen LogP contribution in [0.3, 0.4) is 0 Å². The predicted molar refractivity (Wildman–Crippen MR) is 114 cm³/mol. The molecule has 2 aliphatic rings. The maximum atomic E-state index is 13.1. The van der Waals surface area contributed by atoms with Crippen molar-refractivity contribution in [2.24, 2.45) is 0 Å². The summed E-state index contributed by atoms with van der Waals surface area (Å²) >= 11 is 5.89.